The van der Waals surface area contributed by atoms with Crippen molar-refractivity contribution >= 4 is 11.8 Å². The standard InChI is InChI=1S/C22H24N2O4/c25-21(24-17-7-8-17)14-27-18-9-5-15(6-10-18)11-12-23-22(26)20-13-16-3-1-2-4-19(16)28-20/h1-6,9-10,17,20H,7-8,11-14H2,(H,23,26)(H,24,25). The maximum Gasteiger partial charge on any atom is 0.261 e. The molecule has 1 aliphatic carbocycles. The van der Waals surface area contributed by atoms with E-state index in [0.29, 0.717) is 31.2 Å². The molecule has 1 unspecified atom stereocenters. The van der Waals surface area contributed by atoms with Crippen LogP contribution in [-0.4, -0.2) is 37.1 Å². The molecule has 6 nitrogen and oxygen atoms in total. The molecule has 0 bridgehead atoms. The lowest BCUT2D eigenvalue weighted by molar-refractivity contribution is -0.127. The molecule has 1 fully saturated rings. The Hall–Kier alpha value is -3.02. The third kappa shape index (κ3) is 4.82. The topological polar surface area (TPSA) is 76.7 Å². The summed E-state index contributed by atoms with van der Waals surface area (Å²) in [6.07, 6.45) is 3.01. The molecule has 0 saturated heterocycles. The fourth-order valence-corrected chi connectivity index (χ4v) is 3.17. The van der Waals surface area contributed by atoms with Crippen molar-refractivity contribution in [1.82, 2.24) is 10.6 Å². The SMILES string of the molecule is O=C(COc1ccc(CCNC(=O)C2Cc3ccccc3O2)cc1)NC1CC1. The van der Waals surface area contributed by atoms with E-state index >= 15 is 0 Å². The molecule has 2 aromatic carbocycles. The van der Waals surface area contributed by atoms with Gasteiger partial charge in [-0.1, -0.05) is 30.3 Å². The summed E-state index contributed by atoms with van der Waals surface area (Å²) in [6, 6.07) is 15.7. The molecule has 2 amide bonds. The Morgan fingerprint density at radius 1 is 1.07 bits per heavy atom. The van der Waals surface area contributed by atoms with Crippen LogP contribution >= 0.6 is 0 Å². The fourth-order valence-electron chi connectivity index (χ4n) is 3.17. The van der Waals surface area contributed by atoms with Gasteiger partial charge in [0, 0.05) is 19.0 Å². The van der Waals surface area contributed by atoms with Crippen LogP contribution in [0.4, 0.5) is 0 Å². The number of para-hydroxylation sites is 1. The van der Waals surface area contributed by atoms with E-state index in [4.69, 9.17) is 9.47 Å². The second-order valence-corrected chi connectivity index (χ2v) is 7.23. The molecule has 6 heteroatoms. The summed E-state index contributed by atoms with van der Waals surface area (Å²) in [5.74, 6) is 1.29. The highest BCUT2D eigenvalue weighted by Gasteiger charge is 2.28. The Morgan fingerprint density at radius 3 is 2.61 bits per heavy atom. The van der Waals surface area contributed by atoms with Gasteiger partial charge in [-0.3, -0.25) is 9.59 Å². The number of rotatable bonds is 8. The van der Waals surface area contributed by atoms with Crippen LogP contribution in [-0.2, 0) is 22.4 Å². The van der Waals surface area contributed by atoms with Crippen molar-refractivity contribution < 1.29 is 19.1 Å². The number of hydrogen-bond donors (Lipinski definition) is 2. The van der Waals surface area contributed by atoms with E-state index in [9.17, 15) is 9.59 Å². The molecule has 2 aliphatic rings. The molecule has 1 atom stereocenters. The Balaban J connectivity index is 1.17. The van der Waals surface area contributed by atoms with Gasteiger partial charge in [-0.2, -0.15) is 0 Å². The van der Waals surface area contributed by atoms with Crippen molar-refractivity contribution in [2.45, 2.75) is 37.8 Å². The van der Waals surface area contributed by atoms with Crippen LogP contribution in [0.15, 0.2) is 48.5 Å². The molecule has 2 aromatic rings. The maximum atomic E-state index is 12.3. The van der Waals surface area contributed by atoms with Crippen molar-refractivity contribution in [3.8, 4) is 11.5 Å². The van der Waals surface area contributed by atoms with E-state index in [2.05, 4.69) is 10.6 Å². The molecule has 4 rings (SSSR count). The fraction of sp³-hybridized carbons (Fsp3) is 0.364. The zero-order valence-corrected chi connectivity index (χ0v) is 15.6. The van der Waals surface area contributed by atoms with Gasteiger partial charge in [0.1, 0.15) is 11.5 Å². The molecular formula is C22H24N2O4. The van der Waals surface area contributed by atoms with Crippen LogP contribution in [0.3, 0.4) is 0 Å². The average Bonchev–Trinajstić information content (AvgIpc) is 3.41. The summed E-state index contributed by atoms with van der Waals surface area (Å²) in [5.41, 5.74) is 2.16. The molecule has 1 saturated carbocycles. The Labute approximate surface area is 164 Å². The van der Waals surface area contributed by atoms with Gasteiger partial charge in [-0.15, -0.1) is 0 Å². The first-order chi connectivity index (χ1) is 13.7. The Bertz CT molecular complexity index is 821. The third-order valence-electron chi connectivity index (χ3n) is 4.89. The van der Waals surface area contributed by atoms with E-state index in [-0.39, 0.29) is 18.4 Å². The van der Waals surface area contributed by atoms with E-state index in [1.54, 1.807) is 0 Å². The Kier molecular flexibility index (Phi) is 5.46. The van der Waals surface area contributed by atoms with Gasteiger partial charge >= 0.3 is 0 Å². The second-order valence-electron chi connectivity index (χ2n) is 7.23. The molecule has 0 spiro atoms. The molecule has 146 valence electrons. The molecule has 0 radical (unpaired) electrons. The predicted octanol–water partition coefficient (Wildman–Crippen LogP) is 2.01. The quantitative estimate of drug-likeness (QED) is 0.735. The number of nitrogens with one attached hydrogen (secondary N) is 2. The van der Waals surface area contributed by atoms with Crippen molar-refractivity contribution in [3.05, 3.63) is 59.7 Å². The zero-order valence-electron chi connectivity index (χ0n) is 15.6. The summed E-state index contributed by atoms with van der Waals surface area (Å²) in [5, 5.41) is 5.83. The summed E-state index contributed by atoms with van der Waals surface area (Å²) in [4.78, 5) is 23.9. The Morgan fingerprint density at radius 2 is 1.86 bits per heavy atom. The zero-order chi connectivity index (χ0) is 19.3. The van der Waals surface area contributed by atoms with Gasteiger partial charge in [0.25, 0.3) is 11.8 Å². The molecule has 1 aliphatic heterocycles. The second kappa shape index (κ2) is 8.33. The number of carbonyl (C=O) groups excluding carboxylic acids is 2. The van der Waals surface area contributed by atoms with E-state index in [0.717, 1.165) is 29.7 Å². The molecule has 28 heavy (non-hydrogen) atoms. The number of carbonyl (C=O) groups is 2. The minimum Gasteiger partial charge on any atom is -0.484 e. The van der Waals surface area contributed by atoms with Crippen LogP contribution in [0, 0.1) is 0 Å². The molecule has 1 heterocycles. The summed E-state index contributed by atoms with van der Waals surface area (Å²) < 4.78 is 11.2. The molecule has 0 aromatic heterocycles. The minimum atomic E-state index is -0.449. The predicted molar refractivity (Wildman–Crippen MR) is 104 cm³/mol. The summed E-state index contributed by atoms with van der Waals surface area (Å²) in [6.45, 7) is 0.578. The number of amides is 2. The number of ether oxygens (including phenoxy) is 2. The number of benzene rings is 2. The van der Waals surface area contributed by atoms with Crippen molar-refractivity contribution in [2.24, 2.45) is 0 Å². The highest BCUT2D eigenvalue weighted by atomic mass is 16.5. The molecular weight excluding hydrogens is 356 g/mol. The van der Waals surface area contributed by atoms with Crippen LogP contribution < -0.4 is 20.1 Å². The van der Waals surface area contributed by atoms with Crippen LogP contribution in [0.5, 0.6) is 11.5 Å². The van der Waals surface area contributed by atoms with Crippen LogP contribution in [0.1, 0.15) is 24.0 Å². The van der Waals surface area contributed by atoms with E-state index in [1.165, 1.54) is 0 Å². The summed E-state index contributed by atoms with van der Waals surface area (Å²) in [7, 11) is 0. The van der Waals surface area contributed by atoms with Crippen molar-refractivity contribution in [2.75, 3.05) is 13.2 Å². The van der Waals surface area contributed by atoms with E-state index in [1.807, 2.05) is 48.5 Å². The minimum absolute atomic E-state index is 0.0374. The van der Waals surface area contributed by atoms with E-state index < -0.39 is 6.10 Å². The highest BCUT2D eigenvalue weighted by molar-refractivity contribution is 5.82. The van der Waals surface area contributed by atoms with Gasteiger partial charge in [0.05, 0.1) is 0 Å². The number of fused-ring (bicyclic) bond motifs is 1. The lowest BCUT2D eigenvalue weighted by Gasteiger charge is -2.11. The maximum absolute atomic E-state index is 12.3. The van der Waals surface area contributed by atoms with Crippen LogP contribution in [0.2, 0.25) is 0 Å². The lowest BCUT2D eigenvalue weighted by Crippen LogP contribution is -2.38. The van der Waals surface area contributed by atoms with Crippen LogP contribution in [0.25, 0.3) is 0 Å². The smallest absolute Gasteiger partial charge is 0.261 e. The first-order valence-electron chi connectivity index (χ1n) is 9.71. The van der Waals surface area contributed by atoms with Gasteiger partial charge < -0.3 is 20.1 Å². The molecule has 2 N–H and O–H groups in total. The van der Waals surface area contributed by atoms with Crippen molar-refractivity contribution in [1.29, 1.82) is 0 Å². The first-order valence-corrected chi connectivity index (χ1v) is 9.71. The normalized spacial score (nSPS) is 17.4. The largest absolute Gasteiger partial charge is 0.484 e. The van der Waals surface area contributed by atoms with Gasteiger partial charge in [0.15, 0.2) is 12.7 Å². The first kappa shape index (κ1) is 18.3. The average molecular weight is 380 g/mol. The highest BCUT2D eigenvalue weighted by Crippen LogP contribution is 2.28. The van der Waals surface area contributed by atoms with Crippen molar-refractivity contribution in [3.63, 3.8) is 0 Å². The summed E-state index contributed by atoms with van der Waals surface area (Å²) >= 11 is 0. The monoisotopic (exact) mass is 380 g/mol. The lowest BCUT2D eigenvalue weighted by atomic mass is 10.1. The van der Waals surface area contributed by atoms with Gasteiger partial charge in [-0.25, -0.2) is 0 Å². The van der Waals surface area contributed by atoms with Gasteiger partial charge in [0.2, 0.25) is 0 Å². The number of hydrogen-bond acceptors (Lipinski definition) is 4. The third-order valence-corrected chi connectivity index (χ3v) is 4.89. The van der Waals surface area contributed by atoms with Gasteiger partial charge in [-0.05, 0) is 48.6 Å².